The molecular formula is C26H28F3N7O. The highest BCUT2D eigenvalue weighted by molar-refractivity contribution is 6.05. The van der Waals surface area contributed by atoms with Crippen LogP contribution in [0.5, 0.6) is 0 Å². The lowest BCUT2D eigenvalue weighted by atomic mass is 10.1. The van der Waals surface area contributed by atoms with Crippen LogP contribution in [-0.2, 0) is 12.7 Å². The summed E-state index contributed by atoms with van der Waals surface area (Å²) >= 11 is 0. The van der Waals surface area contributed by atoms with Crippen LogP contribution >= 0.6 is 0 Å². The Kier molecular flexibility index (Phi) is 7.72. The van der Waals surface area contributed by atoms with Gasteiger partial charge in [0.15, 0.2) is 5.65 Å². The van der Waals surface area contributed by atoms with Gasteiger partial charge in [-0.05, 0) is 55.9 Å². The Morgan fingerprint density at radius 1 is 1.08 bits per heavy atom. The normalized spacial score (nSPS) is 11.8. The van der Waals surface area contributed by atoms with Crippen LogP contribution in [0.2, 0.25) is 0 Å². The SMILES string of the molecule is CCN(CC)CCn1ncc2c(Nc3cc(C(=O)Nc4cccc(C(F)(F)F)c4)ccc3C)ncnc21. The standard InChI is InChI=1S/C26H28F3N7O/c1-4-35(5-2)11-12-36-24-21(15-32-36)23(30-16-31-24)34-22-13-18(10-9-17(22)3)25(37)33-20-8-6-7-19(14-20)26(27,28)29/h6-10,13-16H,4-5,11-12H2,1-3H3,(H,33,37)(H,30,31,34). The number of halogens is 3. The second-order valence-corrected chi connectivity index (χ2v) is 8.54. The van der Waals surface area contributed by atoms with Gasteiger partial charge in [-0.3, -0.25) is 4.79 Å². The summed E-state index contributed by atoms with van der Waals surface area (Å²) in [5, 5.41) is 11.0. The predicted molar refractivity (Wildman–Crippen MR) is 137 cm³/mol. The van der Waals surface area contributed by atoms with Gasteiger partial charge >= 0.3 is 6.18 Å². The second-order valence-electron chi connectivity index (χ2n) is 8.54. The molecule has 8 nitrogen and oxygen atoms in total. The number of hydrogen-bond donors (Lipinski definition) is 2. The number of carbonyl (C=O) groups excluding carboxylic acids is 1. The summed E-state index contributed by atoms with van der Waals surface area (Å²) in [5.41, 5.74) is 1.70. The number of nitrogens with one attached hydrogen (secondary N) is 2. The van der Waals surface area contributed by atoms with Crippen LogP contribution in [0.4, 0.5) is 30.4 Å². The molecule has 0 radical (unpaired) electrons. The van der Waals surface area contributed by atoms with Crippen LogP contribution in [-0.4, -0.2) is 50.2 Å². The monoisotopic (exact) mass is 511 g/mol. The highest BCUT2D eigenvalue weighted by Gasteiger charge is 2.30. The van der Waals surface area contributed by atoms with Crippen LogP contribution in [0, 0.1) is 6.92 Å². The van der Waals surface area contributed by atoms with Gasteiger partial charge in [0.1, 0.15) is 12.1 Å². The van der Waals surface area contributed by atoms with Crippen LogP contribution in [0.3, 0.4) is 0 Å². The fourth-order valence-corrected chi connectivity index (χ4v) is 3.93. The molecule has 0 atom stereocenters. The molecule has 2 aromatic carbocycles. The van der Waals surface area contributed by atoms with E-state index >= 15 is 0 Å². The quantitative estimate of drug-likeness (QED) is 0.309. The maximum atomic E-state index is 13.0. The van der Waals surface area contributed by atoms with Crippen molar-refractivity contribution in [2.45, 2.75) is 33.5 Å². The van der Waals surface area contributed by atoms with Crippen LogP contribution in [0.1, 0.15) is 35.3 Å². The summed E-state index contributed by atoms with van der Waals surface area (Å²) in [7, 11) is 0. The number of nitrogens with zero attached hydrogens (tertiary/aromatic N) is 5. The van der Waals surface area contributed by atoms with E-state index in [-0.39, 0.29) is 11.3 Å². The van der Waals surface area contributed by atoms with E-state index < -0.39 is 17.6 Å². The zero-order valence-corrected chi connectivity index (χ0v) is 20.8. The average Bonchev–Trinajstić information content (AvgIpc) is 3.29. The van der Waals surface area contributed by atoms with Crippen LogP contribution < -0.4 is 10.6 Å². The van der Waals surface area contributed by atoms with E-state index in [4.69, 9.17) is 0 Å². The summed E-state index contributed by atoms with van der Waals surface area (Å²) in [6.07, 6.45) is -1.33. The Morgan fingerprint density at radius 2 is 1.86 bits per heavy atom. The Balaban J connectivity index is 1.54. The van der Waals surface area contributed by atoms with E-state index in [1.54, 1.807) is 24.4 Å². The van der Waals surface area contributed by atoms with Crippen LogP contribution in [0.15, 0.2) is 55.0 Å². The molecule has 0 saturated heterocycles. The van der Waals surface area contributed by atoms with E-state index in [1.807, 2.05) is 11.6 Å². The van der Waals surface area contributed by atoms with Gasteiger partial charge in [0.2, 0.25) is 0 Å². The first-order valence-electron chi connectivity index (χ1n) is 11.9. The van der Waals surface area contributed by atoms with Crippen molar-refractivity contribution in [3.05, 3.63) is 71.7 Å². The predicted octanol–water partition coefficient (Wildman–Crippen LogP) is 5.49. The smallest absolute Gasteiger partial charge is 0.339 e. The Hall–Kier alpha value is -3.99. The summed E-state index contributed by atoms with van der Waals surface area (Å²) in [6, 6.07) is 9.54. The fourth-order valence-electron chi connectivity index (χ4n) is 3.93. The third-order valence-electron chi connectivity index (χ3n) is 6.16. The van der Waals surface area contributed by atoms with Gasteiger partial charge in [0.25, 0.3) is 5.91 Å². The van der Waals surface area contributed by atoms with Crippen molar-refractivity contribution in [3.63, 3.8) is 0 Å². The molecule has 2 heterocycles. The molecular weight excluding hydrogens is 483 g/mol. The van der Waals surface area contributed by atoms with Gasteiger partial charge in [-0.2, -0.15) is 18.3 Å². The van der Waals surface area contributed by atoms with Crippen molar-refractivity contribution in [2.75, 3.05) is 30.3 Å². The van der Waals surface area contributed by atoms with Gasteiger partial charge in [0.05, 0.1) is 23.7 Å². The van der Waals surface area contributed by atoms with E-state index in [2.05, 4.69) is 44.4 Å². The molecule has 0 aliphatic carbocycles. The fraction of sp³-hybridized carbons (Fsp3) is 0.308. The number of carbonyl (C=O) groups is 1. The molecule has 1 amide bonds. The van der Waals surface area contributed by atoms with Crippen molar-refractivity contribution in [1.82, 2.24) is 24.6 Å². The minimum Gasteiger partial charge on any atom is -0.339 e. The van der Waals surface area contributed by atoms with Crippen molar-refractivity contribution in [2.24, 2.45) is 0 Å². The lowest BCUT2D eigenvalue weighted by Crippen LogP contribution is -2.27. The van der Waals surface area contributed by atoms with E-state index in [0.29, 0.717) is 23.7 Å². The molecule has 194 valence electrons. The van der Waals surface area contributed by atoms with E-state index in [0.717, 1.165) is 42.7 Å². The lowest BCUT2D eigenvalue weighted by molar-refractivity contribution is -0.137. The van der Waals surface area contributed by atoms with E-state index in [9.17, 15) is 18.0 Å². The molecule has 0 saturated carbocycles. The maximum Gasteiger partial charge on any atom is 0.416 e. The third kappa shape index (κ3) is 6.05. The first-order chi connectivity index (χ1) is 17.7. The van der Waals surface area contributed by atoms with Gasteiger partial charge < -0.3 is 15.5 Å². The lowest BCUT2D eigenvalue weighted by Gasteiger charge is -2.17. The summed E-state index contributed by atoms with van der Waals surface area (Å²) in [5.74, 6) is 0.0112. The number of amides is 1. The van der Waals surface area contributed by atoms with Crippen molar-refractivity contribution in [3.8, 4) is 0 Å². The Bertz CT molecular complexity index is 1400. The number of aryl methyl sites for hydroxylation is 1. The highest BCUT2D eigenvalue weighted by Crippen LogP contribution is 2.31. The number of hydrogen-bond acceptors (Lipinski definition) is 6. The number of fused-ring (bicyclic) bond motifs is 1. The molecule has 0 spiro atoms. The molecule has 2 aromatic heterocycles. The largest absolute Gasteiger partial charge is 0.416 e. The molecule has 0 aliphatic rings. The molecule has 11 heteroatoms. The third-order valence-corrected chi connectivity index (χ3v) is 6.16. The van der Waals surface area contributed by atoms with Gasteiger partial charge in [-0.1, -0.05) is 26.0 Å². The molecule has 2 N–H and O–H groups in total. The summed E-state index contributed by atoms with van der Waals surface area (Å²) in [6.45, 7) is 9.55. The minimum atomic E-state index is -4.50. The molecule has 4 aromatic rings. The molecule has 0 bridgehead atoms. The maximum absolute atomic E-state index is 13.0. The number of aromatic nitrogens is 4. The van der Waals surface area contributed by atoms with E-state index in [1.165, 1.54) is 18.5 Å². The number of rotatable bonds is 9. The average molecular weight is 512 g/mol. The Labute approximate surface area is 212 Å². The number of anilines is 3. The molecule has 0 unspecified atom stereocenters. The second kappa shape index (κ2) is 11.0. The summed E-state index contributed by atoms with van der Waals surface area (Å²) < 4.78 is 40.9. The van der Waals surface area contributed by atoms with Gasteiger partial charge in [-0.25, -0.2) is 14.6 Å². The van der Waals surface area contributed by atoms with Gasteiger partial charge in [-0.15, -0.1) is 0 Å². The first-order valence-corrected chi connectivity index (χ1v) is 11.9. The Morgan fingerprint density at radius 3 is 2.59 bits per heavy atom. The van der Waals surface area contributed by atoms with Gasteiger partial charge in [0, 0.05) is 23.5 Å². The molecule has 37 heavy (non-hydrogen) atoms. The first kappa shape index (κ1) is 26.1. The molecule has 0 aliphatic heterocycles. The minimum absolute atomic E-state index is 0.0598. The van der Waals surface area contributed by atoms with Crippen molar-refractivity contribution in [1.29, 1.82) is 0 Å². The number of alkyl halides is 3. The van der Waals surface area contributed by atoms with Crippen molar-refractivity contribution >= 4 is 34.1 Å². The van der Waals surface area contributed by atoms with Crippen molar-refractivity contribution < 1.29 is 18.0 Å². The number of likely N-dealkylation sites (N-methyl/N-ethyl adjacent to an activating group) is 1. The highest BCUT2D eigenvalue weighted by atomic mass is 19.4. The zero-order valence-electron chi connectivity index (χ0n) is 20.8. The zero-order chi connectivity index (χ0) is 26.6. The van der Waals surface area contributed by atoms with Crippen LogP contribution in [0.25, 0.3) is 11.0 Å². The topological polar surface area (TPSA) is 88.0 Å². The number of benzene rings is 2. The summed E-state index contributed by atoms with van der Waals surface area (Å²) in [4.78, 5) is 23.9. The molecule has 4 rings (SSSR count). The molecule has 0 fully saturated rings.